The maximum Gasteiger partial charge on any atom is 0.343 e. The summed E-state index contributed by atoms with van der Waals surface area (Å²) in [5.41, 5.74) is -1.02. The molecule has 4 heteroatoms. The Labute approximate surface area is 119 Å². The molecule has 20 heavy (non-hydrogen) atoms. The van der Waals surface area contributed by atoms with Crippen LogP contribution in [0.3, 0.4) is 0 Å². The molecule has 1 fully saturated rings. The molecule has 4 nitrogen and oxygen atoms in total. The molecule has 110 valence electrons. The summed E-state index contributed by atoms with van der Waals surface area (Å²) in [5, 5.41) is 19.8. The molecule has 0 amide bonds. The molecule has 0 unspecified atom stereocenters. The molecular formula is C16H22O4. The minimum atomic E-state index is -1.60. The first-order valence-electron chi connectivity index (χ1n) is 7.25. The van der Waals surface area contributed by atoms with Crippen molar-refractivity contribution in [1.82, 2.24) is 0 Å². The fourth-order valence-corrected chi connectivity index (χ4v) is 2.98. The number of hydrogen-bond donors (Lipinski definition) is 2. The smallest absolute Gasteiger partial charge is 0.343 e. The van der Waals surface area contributed by atoms with Gasteiger partial charge >= 0.3 is 5.97 Å². The van der Waals surface area contributed by atoms with Crippen LogP contribution in [0.25, 0.3) is 0 Å². The van der Waals surface area contributed by atoms with Crippen LogP contribution in [-0.4, -0.2) is 29.4 Å². The summed E-state index contributed by atoms with van der Waals surface area (Å²) in [4.78, 5) is 12.3. The van der Waals surface area contributed by atoms with Crippen LogP contribution < -0.4 is 0 Å². The molecule has 1 aromatic rings. The molecule has 0 saturated heterocycles. The Bertz CT molecular complexity index is 425. The molecule has 1 atom stereocenters. The highest BCUT2D eigenvalue weighted by molar-refractivity contribution is 5.81. The molecule has 1 aliphatic rings. The lowest BCUT2D eigenvalue weighted by molar-refractivity contribution is -0.176. The van der Waals surface area contributed by atoms with E-state index in [1.165, 1.54) is 0 Å². The first-order chi connectivity index (χ1) is 9.69. The van der Waals surface area contributed by atoms with E-state index >= 15 is 0 Å². The normalized spacial score (nSPS) is 19.3. The van der Waals surface area contributed by atoms with Gasteiger partial charge in [-0.1, -0.05) is 49.6 Å². The molecule has 0 bridgehead atoms. The maximum absolute atomic E-state index is 12.3. The summed E-state index contributed by atoms with van der Waals surface area (Å²) in [5.74, 6) is -0.769. The molecule has 1 aromatic carbocycles. The lowest BCUT2D eigenvalue weighted by Gasteiger charge is -2.36. The fraction of sp³-hybridized carbons (Fsp3) is 0.562. The van der Waals surface area contributed by atoms with Gasteiger partial charge in [0.05, 0.1) is 6.61 Å². The Kier molecular flexibility index (Phi) is 5.15. The van der Waals surface area contributed by atoms with Crippen LogP contribution in [0, 0.1) is 5.92 Å². The summed E-state index contributed by atoms with van der Waals surface area (Å²) < 4.78 is 5.03. The first-order valence-corrected chi connectivity index (χ1v) is 7.25. The number of rotatable bonds is 5. The quantitative estimate of drug-likeness (QED) is 0.808. The van der Waals surface area contributed by atoms with Crippen molar-refractivity contribution >= 4 is 5.97 Å². The van der Waals surface area contributed by atoms with Crippen LogP contribution in [-0.2, 0) is 15.1 Å². The van der Waals surface area contributed by atoms with Gasteiger partial charge in [0.25, 0.3) is 0 Å². The molecule has 0 radical (unpaired) electrons. The molecule has 0 heterocycles. The van der Waals surface area contributed by atoms with Crippen molar-refractivity contribution in [2.45, 2.75) is 37.7 Å². The van der Waals surface area contributed by atoms with E-state index < -0.39 is 11.6 Å². The molecular weight excluding hydrogens is 256 g/mol. The van der Waals surface area contributed by atoms with E-state index in [1.54, 1.807) is 12.1 Å². The Balaban J connectivity index is 2.29. The second-order valence-electron chi connectivity index (χ2n) is 5.33. The largest absolute Gasteiger partial charge is 0.461 e. The molecule has 1 aliphatic carbocycles. The fourth-order valence-electron chi connectivity index (χ4n) is 2.98. The van der Waals surface area contributed by atoms with E-state index in [4.69, 9.17) is 9.84 Å². The lowest BCUT2D eigenvalue weighted by atomic mass is 9.73. The van der Waals surface area contributed by atoms with E-state index in [0.717, 1.165) is 32.1 Å². The van der Waals surface area contributed by atoms with Crippen molar-refractivity contribution in [2.75, 3.05) is 13.2 Å². The van der Waals surface area contributed by atoms with E-state index in [0.29, 0.717) is 5.56 Å². The third-order valence-corrected chi connectivity index (χ3v) is 4.05. The number of carbonyl (C=O) groups excluding carboxylic acids is 1. The predicted molar refractivity (Wildman–Crippen MR) is 75.0 cm³/mol. The van der Waals surface area contributed by atoms with E-state index in [2.05, 4.69) is 0 Å². The zero-order valence-corrected chi connectivity index (χ0v) is 11.6. The lowest BCUT2D eigenvalue weighted by Crippen LogP contribution is -2.45. The Morgan fingerprint density at radius 3 is 2.45 bits per heavy atom. The van der Waals surface area contributed by atoms with Gasteiger partial charge in [-0.25, -0.2) is 4.79 Å². The minimum absolute atomic E-state index is 0.0826. The summed E-state index contributed by atoms with van der Waals surface area (Å²) >= 11 is 0. The minimum Gasteiger partial charge on any atom is -0.461 e. The third-order valence-electron chi connectivity index (χ3n) is 4.05. The highest BCUT2D eigenvalue weighted by Gasteiger charge is 2.46. The highest BCUT2D eigenvalue weighted by atomic mass is 16.6. The Hall–Kier alpha value is -1.39. The van der Waals surface area contributed by atoms with E-state index in [1.807, 2.05) is 18.2 Å². The molecule has 2 rings (SSSR count). The van der Waals surface area contributed by atoms with Gasteiger partial charge in [-0.05, 0) is 18.4 Å². The van der Waals surface area contributed by atoms with Gasteiger partial charge in [0.1, 0.15) is 6.61 Å². The highest BCUT2D eigenvalue weighted by Crippen LogP contribution is 2.40. The van der Waals surface area contributed by atoms with Crippen LogP contribution in [0.2, 0.25) is 0 Å². The van der Waals surface area contributed by atoms with Crippen molar-refractivity contribution < 1.29 is 19.7 Å². The molecule has 2 N–H and O–H groups in total. The van der Waals surface area contributed by atoms with Crippen molar-refractivity contribution in [3.8, 4) is 0 Å². The zero-order chi connectivity index (χ0) is 14.4. The van der Waals surface area contributed by atoms with E-state index in [-0.39, 0.29) is 19.1 Å². The summed E-state index contributed by atoms with van der Waals surface area (Å²) in [6.45, 7) is -0.317. The SMILES string of the molecule is O=C(OCCO)[C@](O)(c1ccccc1)C1CCCCC1. The number of ether oxygens (including phenoxy) is 1. The third kappa shape index (κ3) is 3.02. The number of benzene rings is 1. The average Bonchev–Trinajstić information content (AvgIpc) is 2.53. The first kappa shape index (κ1) is 15.0. The summed E-state index contributed by atoms with van der Waals surface area (Å²) in [6, 6.07) is 8.98. The molecule has 1 saturated carbocycles. The van der Waals surface area contributed by atoms with Gasteiger partial charge in [0.15, 0.2) is 5.60 Å². The Morgan fingerprint density at radius 1 is 1.20 bits per heavy atom. The van der Waals surface area contributed by atoms with Gasteiger partial charge in [-0.15, -0.1) is 0 Å². The van der Waals surface area contributed by atoms with Crippen LogP contribution in [0.4, 0.5) is 0 Å². The van der Waals surface area contributed by atoms with Gasteiger partial charge in [0, 0.05) is 5.92 Å². The second kappa shape index (κ2) is 6.86. The zero-order valence-electron chi connectivity index (χ0n) is 11.6. The topological polar surface area (TPSA) is 66.8 Å². The van der Waals surface area contributed by atoms with Crippen molar-refractivity contribution in [1.29, 1.82) is 0 Å². The Morgan fingerprint density at radius 2 is 1.85 bits per heavy atom. The van der Waals surface area contributed by atoms with Crippen LogP contribution in [0.5, 0.6) is 0 Å². The van der Waals surface area contributed by atoms with Gasteiger partial charge in [0.2, 0.25) is 0 Å². The standard InChI is InChI=1S/C16H22O4/c17-11-12-20-15(18)16(19,13-7-3-1-4-8-13)14-9-5-2-6-10-14/h1,3-4,7-8,14,17,19H,2,5-6,9-12H2/t16-/m0/s1. The number of aliphatic hydroxyl groups is 2. The van der Waals surface area contributed by atoms with Crippen LogP contribution in [0.1, 0.15) is 37.7 Å². The van der Waals surface area contributed by atoms with Crippen molar-refractivity contribution in [3.05, 3.63) is 35.9 Å². The van der Waals surface area contributed by atoms with Crippen LogP contribution in [0.15, 0.2) is 30.3 Å². The number of carbonyl (C=O) groups is 1. The van der Waals surface area contributed by atoms with Gasteiger partial charge in [-0.2, -0.15) is 0 Å². The average molecular weight is 278 g/mol. The monoisotopic (exact) mass is 278 g/mol. The maximum atomic E-state index is 12.3. The molecule has 0 aliphatic heterocycles. The van der Waals surface area contributed by atoms with Crippen molar-refractivity contribution in [2.24, 2.45) is 5.92 Å². The van der Waals surface area contributed by atoms with Gasteiger partial charge in [-0.3, -0.25) is 0 Å². The van der Waals surface area contributed by atoms with E-state index in [9.17, 15) is 9.90 Å². The van der Waals surface area contributed by atoms with Crippen molar-refractivity contribution in [3.63, 3.8) is 0 Å². The number of aliphatic hydroxyl groups excluding tert-OH is 1. The van der Waals surface area contributed by atoms with Crippen LogP contribution >= 0.6 is 0 Å². The second-order valence-corrected chi connectivity index (χ2v) is 5.33. The number of esters is 1. The van der Waals surface area contributed by atoms with Gasteiger partial charge < -0.3 is 14.9 Å². The molecule has 0 aromatic heterocycles. The number of hydrogen-bond acceptors (Lipinski definition) is 4. The summed E-state index contributed by atoms with van der Waals surface area (Å²) in [6.07, 6.45) is 4.83. The summed E-state index contributed by atoms with van der Waals surface area (Å²) in [7, 11) is 0. The molecule has 0 spiro atoms. The predicted octanol–water partition coefficient (Wildman–Crippen LogP) is 1.99.